The van der Waals surface area contributed by atoms with Crippen LogP contribution in [0.25, 0.3) is 0 Å². The first-order valence-electron chi connectivity index (χ1n) is 8.73. The molecule has 1 aromatic rings. The van der Waals surface area contributed by atoms with Crippen LogP contribution in [0.3, 0.4) is 0 Å². The molecule has 1 rings (SSSR count). The zero-order valence-electron chi connectivity index (χ0n) is 15.3. The average Bonchev–Trinajstić information content (AvgIpc) is 2.92. The number of unbranched alkanes of at least 4 members (excludes halogenated alkanes) is 5. The Kier molecular flexibility index (Phi) is 9.36. The van der Waals surface area contributed by atoms with Gasteiger partial charge in [0.2, 0.25) is 0 Å². The molecule has 0 saturated carbocycles. The molecule has 3 N–H and O–H groups in total. The normalized spacial score (nSPS) is 13.5. The van der Waals surface area contributed by atoms with Gasteiger partial charge in [-0.05, 0) is 20.5 Å². The molecular formula is C17H34N6. The highest BCUT2D eigenvalue weighted by Crippen LogP contribution is 2.17. The van der Waals surface area contributed by atoms with E-state index in [1.807, 2.05) is 38.2 Å². The van der Waals surface area contributed by atoms with Crippen molar-refractivity contribution >= 4 is 5.96 Å². The Morgan fingerprint density at radius 2 is 2.00 bits per heavy atom. The molecule has 6 nitrogen and oxygen atoms in total. The summed E-state index contributed by atoms with van der Waals surface area (Å²) in [6, 6.07) is 0.193. The minimum Gasteiger partial charge on any atom is -0.370 e. The van der Waals surface area contributed by atoms with Gasteiger partial charge in [-0.1, -0.05) is 39.0 Å². The average molecular weight is 323 g/mol. The molecule has 0 bridgehead atoms. The van der Waals surface area contributed by atoms with E-state index in [0.717, 1.165) is 18.5 Å². The third kappa shape index (κ3) is 8.02. The van der Waals surface area contributed by atoms with Gasteiger partial charge in [-0.25, -0.2) is 0 Å². The van der Waals surface area contributed by atoms with Crippen LogP contribution >= 0.6 is 0 Å². The highest BCUT2D eigenvalue weighted by atomic mass is 15.2. The van der Waals surface area contributed by atoms with Crippen LogP contribution in [0.5, 0.6) is 0 Å². The maximum atomic E-state index is 5.97. The van der Waals surface area contributed by atoms with Gasteiger partial charge >= 0.3 is 0 Å². The Hall–Kier alpha value is -1.56. The predicted molar refractivity (Wildman–Crippen MR) is 97.5 cm³/mol. The van der Waals surface area contributed by atoms with Crippen molar-refractivity contribution in [1.29, 1.82) is 0 Å². The largest absolute Gasteiger partial charge is 0.370 e. The van der Waals surface area contributed by atoms with Gasteiger partial charge in [0.25, 0.3) is 0 Å². The van der Waals surface area contributed by atoms with Gasteiger partial charge in [-0.2, -0.15) is 5.10 Å². The van der Waals surface area contributed by atoms with E-state index >= 15 is 0 Å². The first kappa shape index (κ1) is 19.5. The number of nitrogens with zero attached hydrogens (tertiary/aromatic N) is 4. The Bertz CT molecular complexity index is 452. The summed E-state index contributed by atoms with van der Waals surface area (Å²) in [5.41, 5.74) is 7.12. The van der Waals surface area contributed by atoms with Crippen molar-refractivity contribution in [2.45, 2.75) is 51.5 Å². The van der Waals surface area contributed by atoms with Crippen molar-refractivity contribution < 1.29 is 0 Å². The Labute approximate surface area is 141 Å². The summed E-state index contributed by atoms with van der Waals surface area (Å²) in [5, 5.41) is 7.45. The molecule has 0 aliphatic heterocycles. The Balaban J connectivity index is 2.30. The van der Waals surface area contributed by atoms with Gasteiger partial charge in [-0.15, -0.1) is 0 Å². The topological polar surface area (TPSA) is 71.5 Å². The van der Waals surface area contributed by atoms with E-state index in [0.29, 0.717) is 12.5 Å². The van der Waals surface area contributed by atoms with Crippen LogP contribution < -0.4 is 11.1 Å². The van der Waals surface area contributed by atoms with Gasteiger partial charge in [0.05, 0.1) is 18.8 Å². The third-order valence-corrected chi connectivity index (χ3v) is 4.00. The Morgan fingerprint density at radius 3 is 2.61 bits per heavy atom. The molecule has 1 atom stereocenters. The fraction of sp³-hybridized carbons (Fsp3) is 0.765. The summed E-state index contributed by atoms with van der Waals surface area (Å²) in [6.07, 6.45) is 11.6. The lowest BCUT2D eigenvalue weighted by Gasteiger charge is -2.21. The first-order chi connectivity index (χ1) is 11.0. The molecule has 0 spiro atoms. The van der Waals surface area contributed by atoms with Gasteiger partial charge in [0.15, 0.2) is 5.96 Å². The summed E-state index contributed by atoms with van der Waals surface area (Å²) in [6.45, 7) is 3.78. The zero-order chi connectivity index (χ0) is 17.1. The van der Waals surface area contributed by atoms with E-state index in [9.17, 15) is 0 Å². The molecular weight excluding hydrogens is 288 g/mol. The summed E-state index contributed by atoms with van der Waals surface area (Å²) in [4.78, 5) is 6.62. The summed E-state index contributed by atoms with van der Waals surface area (Å²) < 4.78 is 1.82. The van der Waals surface area contributed by atoms with E-state index in [4.69, 9.17) is 5.73 Å². The van der Waals surface area contributed by atoms with Crippen molar-refractivity contribution in [3.05, 3.63) is 18.0 Å². The standard InChI is InChI=1S/C17H34N6/c1-5-6-7-8-9-10-11-19-17(18)20-13-16(22(2)3)15-12-21-23(4)14-15/h12,14,16H,5-11,13H2,1-4H3,(H3,18,19,20). The number of likely N-dealkylation sites (N-methyl/N-ethyl adjacent to an activating group) is 1. The molecule has 0 fully saturated rings. The van der Waals surface area contributed by atoms with E-state index in [1.54, 1.807) is 0 Å². The second-order valence-electron chi connectivity index (χ2n) is 6.35. The molecule has 0 saturated heterocycles. The van der Waals surface area contributed by atoms with Crippen molar-refractivity contribution in [1.82, 2.24) is 20.0 Å². The van der Waals surface area contributed by atoms with Gasteiger partial charge in [0, 0.05) is 25.4 Å². The molecule has 1 heterocycles. The number of rotatable bonds is 11. The molecule has 132 valence electrons. The van der Waals surface area contributed by atoms with Crippen molar-refractivity contribution in [2.75, 3.05) is 27.2 Å². The second kappa shape index (κ2) is 11.0. The summed E-state index contributed by atoms with van der Waals surface area (Å²) in [7, 11) is 6.02. The van der Waals surface area contributed by atoms with Gasteiger partial charge in [0.1, 0.15) is 0 Å². The lowest BCUT2D eigenvalue weighted by molar-refractivity contribution is 0.306. The number of aromatic nitrogens is 2. The molecule has 0 aliphatic carbocycles. The highest BCUT2D eigenvalue weighted by Gasteiger charge is 2.15. The molecule has 1 aromatic heterocycles. The Morgan fingerprint density at radius 1 is 1.30 bits per heavy atom. The number of guanidine groups is 1. The van der Waals surface area contributed by atoms with Crippen LogP contribution in [0, 0.1) is 0 Å². The fourth-order valence-corrected chi connectivity index (χ4v) is 2.54. The SMILES string of the molecule is CCCCCCCCNC(N)=NCC(c1cnn(C)c1)N(C)C. The molecule has 0 amide bonds. The minimum atomic E-state index is 0.193. The third-order valence-electron chi connectivity index (χ3n) is 4.00. The number of hydrogen-bond donors (Lipinski definition) is 2. The van der Waals surface area contributed by atoms with Crippen molar-refractivity contribution in [2.24, 2.45) is 17.8 Å². The molecule has 0 aliphatic rings. The number of nitrogens with two attached hydrogens (primary N) is 1. The lowest BCUT2D eigenvalue weighted by atomic mass is 10.1. The molecule has 1 unspecified atom stereocenters. The molecule has 0 aromatic carbocycles. The van der Waals surface area contributed by atoms with Crippen LogP contribution in [0.1, 0.15) is 57.1 Å². The molecule has 0 radical (unpaired) electrons. The van der Waals surface area contributed by atoms with Crippen LogP contribution in [-0.4, -0.2) is 47.8 Å². The quantitative estimate of drug-likeness (QED) is 0.372. The number of aliphatic imine (C=N–C) groups is 1. The van der Waals surface area contributed by atoms with Crippen LogP contribution in [0.15, 0.2) is 17.4 Å². The monoisotopic (exact) mass is 322 g/mol. The second-order valence-corrected chi connectivity index (χ2v) is 6.35. The number of aryl methyl sites for hydroxylation is 1. The predicted octanol–water partition coefficient (Wildman–Crippen LogP) is 2.29. The van der Waals surface area contributed by atoms with E-state index < -0.39 is 0 Å². The molecule has 23 heavy (non-hydrogen) atoms. The fourth-order valence-electron chi connectivity index (χ4n) is 2.54. The van der Waals surface area contributed by atoms with E-state index in [1.165, 1.54) is 32.1 Å². The summed E-state index contributed by atoms with van der Waals surface area (Å²) >= 11 is 0. The smallest absolute Gasteiger partial charge is 0.188 e. The van der Waals surface area contributed by atoms with Crippen molar-refractivity contribution in [3.8, 4) is 0 Å². The van der Waals surface area contributed by atoms with Gasteiger partial charge < -0.3 is 16.0 Å². The van der Waals surface area contributed by atoms with Crippen LogP contribution in [0.2, 0.25) is 0 Å². The highest BCUT2D eigenvalue weighted by molar-refractivity contribution is 5.77. The van der Waals surface area contributed by atoms with E-state index in [2.05, 4.69) is 27.2 Å². The minimum absolute atomic E-state index is 0.193. The number of nitrogens with one attached hydrogen (secondary N) is 1. The maximum Gasteiger partial charge on any atom is 0.188 e. The lowest BCUT2D eigenvalue weighted by Crippen LogP contribution is -2.33. The molecule has 6 heteroatoms. The van der Waals surface area contributed by atoms with Gasteiger partial charge in [-0.3, -0.25) is 9.67 Å². The van der Waals surface area contributed by atoms with Crippen molar-refractivity contribution in [3.63, 3.8) is 0 Å². The van der Waals surface area contributed by atoms with E-state index in [-0.39, 0.29) is 6.04 Å². The maximum absolute atomic E-state index is 5.97. The zero-order valence-corrected chi connectivity index (χ0v) is 15.3. The number of hydrogen-bond acceptors (Lipinski definition) is 3. The van der Waals surface area contributed by atoms with Crippen LogP contribution in [0.4, 0.5) is 0 Å². The van der Waals surface area contributed by atoms with Crippen LogP contribution in [-0.2, 0) is 7.05 Å². The summed E-state index contributed by atoms with van der Waals surface area (Å²) in [5.74, 6) is 0.536. The first-order valence-corrected chi connectivity index (χ1v) is 8.73.